The molecule has 6 nitrogen and oxygen atoms in total. The van der Waals surface area contributed by atoms with Crippen LogP contribution in [0, 0.1) is 0 Å². The lowest BCUT2D eigenvalue weighted by Gasteiger charge is -2.08. The van der Waals surface area contributed by atoms with Crippen LogP contribution in [-0.4, -0.2) is 32.1 Å². The third kappa shape index (κ3) is 3.06. The van der Waals surface area contributed by atoms with E-state index in [2.05, 4.69) is 27.1 Å². The average Bonchev–Trinajstić information content (AvgIpc) is 2.18. The van der Waals surface area contributed by atoms with Crippen molar-refractivity contribution in [1.82, 2.24) is 5.32 Å². The quantitative estimate of drug-likeness (QED) is 0.684. The second-order valence-corrected chi connectivity index (χ2v) is 2.65. The summed E-state index contributed by atoms with van der Waals surface area (Å²) in [6, 6.07) is -0.511. The number of carbonyl (C=O) groups is 1. The molecular weight excluding hydrogens is 184 g/mol. The summed E-state index contributed by atoms with van der Waals surface area (Å²) in [6.45, 7) is 4.80. The zero-order chi connectivity index (χ0) is 10.4. The van der Waals surface area contributed by atoms with Crippen LogP contribution in [0.1, 0.15) is 6.42 Å². The van der Waals surface area contributed by atoms with Crippen molar-refractivity contribution < 1.29 is 9.53 Å². The Kier molecular flexibility index (Phi) is 3.93. The topological polar surface area (TPSA) is 75.4 Å². The molecular formula is C8H12N4O2. The molecule has 0 unspecified atom stereocenters. The lowest BCUT2D eigenvalue weighted by atomic mass is 10.4. The third-order valence-corrected chi connectivity index (χ3v) is 1.54. The standard InChI is InChI=1S/C8H12N4O2/c1-6-7(9-4-3-5-14-2)10-8(13)12-11-6/h1,3-5H2,2H3,(H,9,10,13). The van der Waals surface area contributed by atoms with Gasteiger partial charge in [0.2, 0.25) is 0 Å². The first-order valence-electron chi connectivity index (χ1n) is 4.19. The van der Waals surface area contributed by atoms with E-state index >= 15 is 0 Å². The van der Waals surface area contributed by atoms with E-state index in [9.17, 15) is 4.79 Å². The van der Waals surface area contributed by atoms with Gasteiger partial charge in [0.25, 0.3) is 0 Å². The molecule has 0 bridgehead atoms. The molecule has 14 heavy (non-hydrogen) atoms. The van der Waals surface area contributed by atoms with Crippen molar-refractivity contribution in [3.63, 3.8) is 0 Å². The Morgan fingerprint density at radius 3 is 3.07 bits per heavy atom. The van der Waals surface area contributed by atoms with Crippen molar-refractivity contribution in [3.05, 3.63) is 12.3 Å². The van der Waals surface area contributed by atoms with E-state index in [1.807, 2.05) is 0 Å². The van der Waals surface area contributed by atoms with Crippen LogP contribution in [0.4, 0.5) is 4.79 Å². The van der Waals surface area contributed by atoms with Crippen LogP contribution in [-0.2, 0) is 4.74 Å². The minimum Gasteiger partial charge on any atom is -0.385 e. The molecule has 1 aliphatic rings. The van der Waals surface area contributed by atoms with E-state index in [0.717, 1.165) is 6.42 Å². The number of amides is 2. The van der Waals surface area contributed by atoms with Crippen molar-refractivity contribution in [2.24, 2.45) is 15.2 Å². The van der Waals surface area contributed by atoms with E-state index in [1.54, 1.807) is 7.11 Å². The molecule has 0 saturated carbocycles. The zero-order valence-corrected chi connectivity index (χ0v) is 7.99. The third-order valence-electron chi connectivity index (χ3n) is 1.54. The number of hydrogen-bond acceptors (Lipinski definition) is 4. The van der Waals surface area contributed by atoms with Crippen molar-refractivity contribution >= 4 is 11.9 Å². The predicted octanol–water partition coefficient (Wildman–Crippen LogP) is 1.11. The van der Waals surface area contributed by atoms with E-state index in [1.165, 1.54) is 0 Å². The van der Waals surface area contributed by atoms with Crippen molar-refractivity contribution in [2.75, 3.05) is 20.3 Å². The Hall–Kier alpha value is -1.56. The highest BCUT2D eigenvalue weighted by Crippen LogP contribution is 2.02. The minimum absolute atomic E-state index is 0.377. The first-order chi connectivity index (χ1) is 6.74. The van der Waals surface area contributed by atoms with E-state index in [-0.39, 0.29) is 0 Å². The SMILES string of the molecule is C=C1N=NC(=O)NC1=NCCCOC. The van der Waals surface area contributed by atoms with Crippen LogP contribution in [0.5, 0.6) is 0 Å². The number of rotatable bonds is 4. The number of amidine groups is 1. The molecule has 1 aliphatic heterocycles. The highest BCUT2D eigenvalue weighted by Gasteiger charge is 2.13. The molecule has 76 valence electrons. The highest BCUT2D eigenvalue weighted by atomic mass is 16.5. The maximum Gasteiger partial charge on any atom is 0.365 e. The van der Waals surface area contributed by atoms with Crippen LogP contribution in [0.3, 0.4) is 0 Å². The van der Waals surface area contributed by atoms with Crippen LogP contribution in [0.2, 0.25) is 0 Å². The van der Waals surface area contributed by atoms with Gasteiger partial charge in [-0.15, -0.1) is 5.11 Å². The summed E-state index contributed by atoms with van der Waals surface area (Å²) in [4.78, 5) is 14.9. The lowest BCUT2D eigenvalue weighted by molar-refractivity contribution is 0.197. The van der Waals surface area contributed by atoms with Crippen molar-refractivity contribution in [3.8, 4) is 0 Å². The summed E-state index contributed by atoms with van der Waals surface area (Å²) in [7, 11) is 1.63. The molecule has 1 heterocycles. The van der Waals surface area contributed by atoms with Crippen LogP contribution >= 0.6 is 0 Å². The second kappa shape index (κ2) is 5.23. The van der Waals surface area contributed by atoms with E-state index < -0.39 is 6.03 Å². The predicted molar refractivity (Wildman–Crippen MR) is 51.3 cm³/mol. The molecule has 0 radical (unpaired) electrons. The first kappa shape index (κ1) is 10.5. The highest BCUT2D eigenvalue weighted by molar-refractivity contribution is 6.08. The Balaban J connectivity index is 2.46. The molecule has 1 N–H and O–H groups in total. The fourth-order valence-electron chi connectivity index (χ4n) is 0.882. The minimum atomic E-state index is -0.511. The summed E-state index contributed by atoms with van der Waals surface area (Å²) in [5.41, 5.74) is 0.377. The molecule has 0 saturated heterocycles. The number of methoxy groups -OCH3 is 1. The fourth-order valence-corrected chi connectivity index (χ4v) is 0.882. The molecule has 6 heteroatoms. The van der Waals surface area contributed by atoms with Crippen molar-refractivity contribution in [1.29, 1.82) is 0 Å². The number of carbonyl (C=O) groups excluding carboxylic acids is 1. The van der Waals surface area contributed by atoms with Gasteiger partial charge in [0.1, 0.15) is 5.70 Å². The number of hydrogen-bond donors (Lipinski definition) is 1. The number of aliphatic imine (C=N–C) groups is 1. The van der Waals surface area contributed by atoms with Gasteiger partial charge in [0, 0.05) is 20.3 Å². The zero-order valence-electron chi connectivity index (χ0n) is 7.99. The molecule has 0 aromatic carbocycles. The maximum absolute atomic E-state index is 10.8. The van der Waals surface area contributed by atoms with Gasteiger partial charge in [-0.25, -0.2) is 4.79 Å². The lowest BCUT2D eigenvalue weighted by Crippen LogP contribution is -2.31. The largest absolute Gasteiger partial charge is 0.385 e. The van der Waals surface area contributed by atoms with Gasteiger partial charge in [-0.1, -0.05) is 11.7 Å². The summed E-state index contributed by atoms with van der Waals surface area (Å²) < 4.78 is 4.86. The molecule has 0 aromatic heterocycles. The summed E-state index contributed by atoms with van der Waals surface area (Å²) in [6.07, 6.45) is 0.792. The van der Waals surface area contributed by atoms with Crippen LogP contribution in [0.25, 0.3) is 0 Å². The Labute approximate surface area is 81.8 Å². The number of nitrogens with zero attached hydrogens (tertiary/aromatic N) is 3. The molecule has 0 aromatic rings. The number of urea groups is 1. The van der Waals surface area contributed by atoms with E-state index in [4.69, 9.17) is 4.74 Å². The first-order valence-corrected chi connectivity index (χ1v) is 4.19. The van der Waals surface area contributed by atoms with Gasteiger partial charge >= 0.3 is 6.03 Å². The number of azo groups is 1. The van der Waals surface area contributed by atoms with Gasteiger partial charge < -0.3 is 4.74 Å². The summed E-state index contributed by atoms with van der Waals surface area (Å²) >= 11 is 0. The Morgan fingerprint density at radius 2 is 2.36 bits per heavy atom. The normalized spacial score (nSPS) is 18.8. The molecule has 2 amide bonds. The molecule has 0 fully saturated rings. The number of nitrogens with one attached hydrogen (secondary N) is 1. The molecule has 0 spiro atoms. The van der Waals surface area contributed by atoms with Crippen molar-refractivity contribution in [2.45, 2.75) is 6.42 Å². The maximum atomic E-state index is 10.8. The fraction of sp³-hybridized carbons (Fsp3) is 0.500. The van der Waals surface area contributed by atoms with Crippen LogP contribution < -0.4 is 5.32 Å². The molecule has 1 rings (SSSR count). The van der Waals surface area contributed by atoms with Gasteiger partial charge in [-0.05, 0) is 6.42 Å². The molecule has 0 aliphatic carbocycles. The van der Waals surface area contributed by atoms with E-state index in [0.29, 0.717) is 24.7 Å². The second-order valence-electron chi connectivity index (χ2n) is 2.65. The summed E-state index contributed by atoms with van der Waals surface area (Å²) in [5, 5.41) is 9.28. The van der Waals surface area contributed by atoms with Crippen LogP contribution in [0.15, 0.2) is 27.5 Å². The average molecular weight is 196 g/mol. The Bertz CT molecular complexity index is 296. The number of ether oxygens (including phenoxy) is 1. The Morgan fingerprint density at radius 1 is 1.57 bits per heavy atom. The smallest absolute Gasteiger partial charge is 0.365 e. The van der Waals surface area contributed by atoms with Gasteiger partial charge in [-0.2, -0.15) is 0 Å². The molecule has 0 atom stereocenters. The van der Waals surface area contributed by atoms with Gasteiger partial charge in [0.05, 0.1) is 0 Å². The summed E-state index contributed by atoms with van der Waals surface area (Å²) in [5.74, 6) is 0.390. The van der Waals surface area contributed by atoms with Gasteiger partial charge in [-0.3, -0.25) is 10.3 Å². The van der Waals surface area contributed by atoms with Gasteiger partial charge in [0.15, 0.2) is 5.84 Å². The monoisotopic (exact) mass is 196 g/mol.